The number of hydrogen-bond donors (Lipinski definition) is 1. The van der Waals surface area contributed by atoms with Crippen LogP contribution in [0.3, 0.4) is 0 Å². The second kappa shape index (κ2) is 8.20. The van der Waals surface area contributed by atoms with Crippen molar-refractivity contribution in [2.24, 2.45) is 5.92 Å². The van der Waals surface area contributed by atoms with Crippen LogP contribution in [0.1, 0.15) is 32.6 Å². The number of ether oxygens (including phenoxy) is 2. The average Bonchev–Trinajstić information content (AvgIpc) is 3.24. The molecule has 112 valence electrons. The second-order valence-corrected chi connectivity index (χ2v) is 6.01. The van der Waals surface area contributed by atoms with E-state index in [2.05, 4.69) is 17.1 Å². The smallest absolute Gasteiger partial charge is 0.0700 e. The molecule has 2 unspecified atom stereocenters. The van der Waals surface area contributed by atoms with E-state index in [-0.39, 0.29) is 0 Å². The SMILES string of the molecule is COCCOCCCCN1CC(C2CC2)NCC1C. The summed E-state index contributed by atoms with van der Waals surface area (Å²) in [6.07, 6.45) is 5.28. The molecular weight excluding hydrogens is 240 g/mol. The van der Waals surface area contributed by atoms with E-state index in [0.29, 0.717) is 12.6 Å². The Balaban J connectivity index is 1.53. The first-order valence-electron chi connectivity index (χ1n) is 7.85. The molecule has 2 aliphatic rings. The Hall–Kier alpha value is -0.160. The summed E-state index contributed by atoms with van der Waals surface area (Å²) in [6, 6.07) is 1.44. The lowest BCUT2D eigenvalue weighted by Gasteiger charge is -2.39. The molecule has 1 heterocycles. The Morgan fingerprint density at radius 1 is 1.16 bits per heavy atom. The van der Waals surface area contributed by atoms with Gasteiger partial charge in [0.05, 0.1) is 13.2 Å². The lowest BCUT2D eigenvalue weighted by atomic mass is 10.1. The lowest BCUT2D eigenvalue weighted by Crippen LogP contribution is -2.56. The monoisotopic (exact) mass is 270 g/mol. The average molecular weight is 270 g/mol. The largest absolute Gasteiger partial charge is 0.382 e. The van der Waals surface area contributed by atoms with E-state index in [0.717, 1.165) is 38.1 Å². The molecule has 19 heavy (non-hydrogen) atoms. The predicted octanol–water partition coefficient (Wildman–Crippen LogP) is 1.50. The maximum Gasteiger partial charge on any atom is 0.0700 e. The van der Waals surface area contributed by atoms with Gasteiger partial charge < -0.3 is 14.8 Å². The summed E-state index contributed by atoms with van der Waals surface area (Å²) < 4.78 is 10.5. The highest BCUT2D eigenvalue weighted by Crippen LogP contribution is 2.34. The summed E-state index contributed by atoms with van der Waals surface area (Å²) in [5, 5.41) is 3.71. The van der Waals surface area contributed by atoms with Crippen molar-refractivity contribution in [2.75, 3.05) is 46.6 Å². The summed E-state index contributed by atoms with van der Waals surface area (Å²) in [4.78, 5) is 2.66. The van der Waals surface area contributed by atoms with Crippen LogP contribution in [0.5, 0.6) is 0 Å². The zero-order chi connectivity index (χ0) is 13.5. The molecule has 0 aromatic rings. The van der Waals surface area contributed by atoms with Gasteiger partial charge in [-0.15, -0.1) is 0 Å². The third kappa shape index (κ3) is 5.38. The Labute approximate surface area is 117 Å². The molecule has 0 radical (unpaired) electrons. The van der Waals surface area contributed by atoms with Gasteiger partial charge in [0.15, 0.2) is 0 Å². The van der Waals surface area contributed by atoms with Crippen LogP contribution in [-0.2, 0) is 9.47 Å². The summed E-state index contributed by atoms with van der Waals surface area (Å²) in [5.74, 6) is 0.965. The fourth-order valence-electron chi connectivity index (χ4n) is 2.84. The number of hydrogen-bond acceptors (Lipinski definition) is 4. The molecule has 1 saturated carbocycles. The molecule has 1 N–H and O–H groups in total. The molecular formula is C15H30N2O2. The molecule has 0 bridgehead atoms. The van der Waals surface area contributed by atoms with Gasteiger partial charge in [0.1, 0.15) is 0 Å². The van der Waals surface area contributed by atoms with Crippen molar-refractivity contribution in [3.05, 3.63) is 0 Å². The summed E-state index contributed by atoms with van der Waals surface area (Å²) >= 11 is 0. The van der Waals surface area contributed by atoms with E-state index in [1.54, 1.807) is 7.11 Å². The van der Waals surface area contributed by atoms with E-state index < -0.39 is 0 Å². The van der Waals surface area contributed by atoms with Crippen LogP contribution >= 0.6 is 0 Å². The zero-order valence-electron chi connectivity index (χ0n) is 12.6. The highest BCUT2D eigenvalue weighted by molar-refractivity contribution is 4.93. The zero-order valence-corrected chi connectivity index (χ0v) is 12.6. The van der Waals surface area contributed by atoms with Gasteiger partial charge >= 0.3 is 0 Å². The van der Waals surface area contributed by atoms with Crippen molar-refractivity contribution < 1.29 is 9.47 Å². The molecule has 2 rings (SSSR count). The van der Waals surface area contributed by atoms with E-state index in [4.69, 9.17) is 9.47 Å². The van der Waals surface area contributed by atoms with Gasteiger partial charge in [-0.1, -0.05) is 0 Å². The Morgan fingerprint density at radius 2 is 2.00 bits per heavy atom. The summed E-state index contributed by atoms with van der Waals surface area (Å²) in [6.45, 7) is 8.27. The van der Waals surface area contributed by atoms with Crippen molar-refractivity contribution in [1.29, 1.82) is 0 Å². The molecule has 1 saturated heterocycles. The van der Waals surface area contributed by atoms with Crippen molar-refractivity contribution in [2.45, 2.75) is 44.7 Å². The first-order chi connectivity index (χ1) is 9.31. The molecule has 4 heteroatoms. The molecule has 2 atom stereocenters. The lowest BCUT2D eigenvalue weighted by molar-refractivity contribution is 0.0654. The normalized spacial score (nSPS) is 28.7. The fraction of sp³-hybridized carbons (Fsp3) is 1.00. The quantitative estimate of drug-likeness (QED) is 0.644. The van der Waals surface area contributed by atoms with Crippen LogP contribution < -0.4 is 5.32 Å². The van der Waals surface area contributed by atoms with E-state index in [9.17, 15) is 0 Å². The highest BCUT2D eigenvalue weighted by Gasteiger charge is 2.35. The van der Waals surface area contributed by atoms with Crippen molar-refractivity contribution >= 4 is 0 Å². The fourth-order valence-corrected chi connectivity index (χ4v) is 2.84. The molecule has 1 aliphatic carbocycles. The third-order valence-electron chi connectivity index (χ3n) is 4.34. The standard InChI is InChI=1S/C15H30N2O2/c1-13-11-16-15(14-5-6-14)12-17(13)7-3-4-8-19-10-9-18-2/h13-16H,3-12H2,1-2H3. The van der Waals surface area contributed by atoms with E-state index in [1.807, 2.05) is 0 Å². The first kappa shape index (κ1) is 15.2. The number of unbranched alkanes of at least 4 members (excludes halogenated alkanes) is 1. The first-order valence-corrected chi connectivity index (χ1v) is 7.85. The minimum atomic E-state index is 0.685. The molecule has 0 amide bonds. The van der Waals surface area contributed by atoms with Gasteiger partial charge in [0.25, 0.3) is 0 Å². The molecule has 0 aromatic heterocycles. The Bertz CT molecular complexity index is 246. The van der Waals surface area contributed by atoms with Gasteiger partial charge in [-0.3, -0.25) is 4.90 Å². The van der Waals surface area contributed by atoms with Gasteiger partial charge in [-0.05, 0) is 45.1 Å². The van der Waals surface area contributed by atoms with Crippen molar-refractivity contribution in [3.63, 3.8) is 0 Å². The molecule has 1 aliphatic heterocycles. The molecule has 2 fully saturated rings. The minimum absolute atomic E-state index is 0.685. The maximum atomic E-state index is 5.50. The number of nitrogens with one attached hydrogen (secondary N) is 1. The highest BCUT2D eigenvalue weighted by atomic mass is 16.5. The summed E-state index contributed by atoms with van der Waals surface area (Å²) in [7, 11) is 1.71. The second-order valence-electron chi connectivity index (χ2n) is 6.01. The van der Waals surface area contributed by atoms with Crippen LogP contribution in [0, 0.1) is 5.92 Å². The Morgan fingerprint density at radius 3 is 2.74 bits per heavy atom. The maximum absolute atomic E-state index is 5.50. The van der Waals surface area contributed by atoms with Gasteiger partial charge in [-0.25, -0.2) is 0 Å². The van der Waals surface area contributed by atoms with Crippen LogP contribution in [0.25, 0.3) is 0 Å². The number of rotatable bonds is 9. The number of methoxy groups -OCH3 is 1. The van der Waals surface area contributed by atoms with Crippen molar-refractivity contribution in [1.82, 2.24) is 10.2 Å². The minimum Gasteiger partial charge on any atom is -0.382 e. The van der Waals surface area contributed by atoms with Crippen molar-refractivity contribution in [3.8, 4) is 0 Å². The van der Waals surface area contributed by atoms with Gasteiger partial charge in [-0.2, -0.15) is 0 Å². The molecule has 0 aromatic carbocycles. The molecule has 0 spiro atoms. The van der Waals surface area contributed by atoms with E-state index >= 15 is 0 Å². The topological polar surface area (TPSA) is 33.7 Å². The number of nitrogens with zero attached hydrogens (tertiary/aromatic N) is 1. The Kier molecular flexibility index (Phi) is 6.57. The summed E-state index contributed by atoms with van der Waals surface area (Å²) in [5.41, 5.74) is 0. The van der Waals surface area contributed by atoms with Gasteiger partial charge in [0.2, 0.25) is 0 Å². The van der Waals surface area contributed by atoms with Crippen LogP contribution in [0.2, 0.25) is 0 Å². The van der Waals surface area contributed by atoms with Crippen LogP contribution in [-0.4, -0.2) is 63.5 Å². The van der Waals surface area contributed by atoms with Gasteiger partial charge in [0, 0.05) is 38.9 Å². The molecule has 4 nitrogen and oxygen atoms in total. The van der Waals surface area contributed by atoms with E-state index in [1.165, 1.54) is 32.4 Å². The third-order valence-corrected chi connectivity index (χ3v) is 4.34. The van der Waals surface area contributed by atoms with Crippen LogP contribution in [0.15, 0.2) is 0 Å². The number of piperazine rings is 1. The predicted molar refractivity (Wildman–Crippen MR) is 77.5 cm³/mol. The van der Waals surface area contributed by atoms with Crippen LogP contribution in [0.4, 0.5) is 0 Å².